The summed E-state index contributed by atoms with van der Waals surface area (Å²) in [5.41, 5.74) is 7.54. The Kier molecular flexibility index (Phi) is 4.90. The summed E-state index contributed by atoms with van der Waals surface area (Å²) in [4.78, 5) is 34.4. The Bertz CT molecular complexity index is 785. The van der Waals surface area contributed by atoms with Gasteiger partial charge in [-0.3, -0.25) is 9.59 Å². The molecule has 25 heavy (non-hydrogen) atoms. The van der Waals surface area contributed by atoms with Crippen LogP contribution in [0.5, 0.6) is 0 Å². The molecule has 0 bridgehead atoms. The molecule has 1 saturated heterocycles. The summed E-state index contributed by atoms with van der Waals surface area (Å²) < 4.78 is 5.27. The van der Waals surface area contributed by atoms with Crippen molar-refractivity contribution >= 4 is 23.3 Å². The molecular formula is C17H19N5O3. The second-order valence-corrected chi connectivity index (χ2v) is 5.71. The molecule has 130 valence electrons. The lowest BCUT2D eigenvalue weighted by molar-refractivity contribution is 0.0303. The summed E-state index contributed by atoms with van der Waals surface area (Å²) in [7, 11) is 0. The third-order valence-electron chi connectivity index (χ3n) is 3.94. The fourth-order valence-corrected chi connectivity index (χ4v) is 2.48. The Labute approximate surface area is 145 Å². The van der Waals surface area contributed by atoms with Crippen LogP contribution >= 0.6 is 0 Å². The van der Waals surface area contributed by atoms with E-state index >= 15 is 0 Å². The first-order valence-corrected chi connectivity index (χ1v) is 7.91. The van der Waals surface area contributed by atoms with E-state index in [1.165, 1.54) is 12.4 Å². The van der Waals surface area contributed by atoms with E-state index in [-0.39, 0.29) is 17.4 Å². The lowest BCUT2D eigenvalue weighted by Gasteiger charge is -2.27. The summed E-state index contributed by atoms with van der Waals surface area (Å²) in [5.74, 6) is -0.247. The molecule has 0 radical (unpaired) electrons. The fourth-order valence-electron chi connectivity index (χ4n) is 2.48. The van der Waals surface area contributed by atoms with E-state index in [2.05, 4.69) is 15.3 Å². The van der Waals surface area contributed by atoms with E-state index < -0.39 is 5.91 Å². The van der Waals surface area contributed by atoms with Crippen molar-refractivity contribution in [3.8, 4) is 0 Å². The average Bonchev–Trinajstić information content (AvgIpc) is 2.64. The first-order chi connectivity index (χ1) is 12.0. The van der Waals surface area contributed by atoms with Crippen LogP contribution in [0.2, 0.25) is 0 Å². The molecule has 0 spiro atoms. The van der Waals surface area contributed by atoms with Crippen LogP contribution in [0.25, 0.3) is 0 Å². The van der Waals surface area contributed by atoms with Crippen molar-refractivity contribution in [2.45, 2.75) is 6.92 Å². The van der Waals surface area contributed by atoms with Gasteiger partial charge in [0, 0.05) is 24.3 Å². The molecule has 3 rings (SSSR count). The number of hydrogen-bond acceptors (Lipinski definition) is 6. The summed E-state index contributed by atoms with van der Waals surface area (Å²) in [5, 5.41) is 2.77. The minimum absolute atomic E-state index is 0.0777. The van der Waals surface area contributed by atoms with Gasteiger partial charge < -0.3 is 20.7 Å². The summed E-state index contributed by atoms with van der Waals surface area (Å²) in [6.07, 6.45) is 2.63. The number of nitrogen functional groups attached to an aromatic ring is 1. The number of ether oxygens (including phenoxy) is 1. The molecule has 2 aromatic rings. The van der Waals surface area contributed by atoms with E-state index in [0.717, 1.165) is 5.56 Å². The molecule has 1 aromatic heterocycles. The second-order valence-electron chi connectivity index (χ2n) is 5.71. The third kappa shape index (κ3) is 3.92. The van der Waals surface area contributed by atoms with Gasteiger partial charge in [-0.25, -0.2) is 9.97 Å². The standard InChI is InChI=1S/C17H19N5O3/c1-11-2-3-12(17(24)22-4-6-25-7-5-22)8-13(11)21-16(23)14-9-20-15(18)10-19-14/h2-3,8-10H,4-7H2,1H3,(H2,18,20)(H,21,23). The van der Waals surface area contributed by atoms with Crippen LogP contribution in [0.15, 0.2) is 30.6 Å². The quantitative estimate of drug-likeness (QED) is 0.865. The Morgan fingerprint density at radius 1 is 1.20 bits per heavy atom. The third-order valence-corrected chi connectivity index (χ3v) is 3.94. The van der Waals surface area contributed by atoms with E-state index in [1.807, 2.05) is 6.92 Å². The van der Waals surface area contributed by atoms with Gasteiger partial charge >= 0.3 is 0 Å². The van der Waals surface area contributed by atoms with Gasteiger partial charge in [0.25, 0.3) is 11.8 Å². The van der Waals surface area contributed by atoms with E-state index in [1.54, 1.807) is 23.1 Å². The maximum atomic E-state index is 12.6. The SMILES string of the molecule is Cc1ccc(C(=O)N2CCOCC2)cc1NC(=O)c1cnc(N)cn1. The number of nitrogens with two attached hydrogens (primary N) is 1. The number of hydrogen-bond donors (Lipinski definition) is 2. The Balaban J connectivity index is 1.78. The molecule has 8 nitrogen and oxygen atoms in total. The number of nitrogens with one attached hydrogen (secondary N) is 1. The van der Waals surface area contributed by atoms with Crippen LogP contribution in [0.3, 0.4) is 0 Å². The molecule has 1 aliphatic heterocycles. The molecule has 2 amide bonds. The number of aromatic nitrogens is 2. The Morgan fingerprint density at radius 2 is 1.96 bits per heavy atom. The molecule has 8 heteroatoms. The molecule has 1 aromatic carbocycles. The molecular weight excluding hydrogens is 322 g/mol. The van der Waals surface area contributed by atoms with Crippen LogP contribution < -0.4 is 11.1 Å². The normalized spacial score (nSPS) is 14.2. The minimum Gasteiger partial charge on any atom is -0.382 e. The van der Waals surface area contributed by atoms with Crippen molar-refractivity contribution in [2.75, 3.05) is 37.4 Å². The highest BCUT2D eigenvalue weighted by atomic mass is 16.5. The van der Waals surface area contributed by atoms with Gasteiger partial charge in [-0.15, -0.1) is 0 Å². The number of morpholine rings is 1. The number of benzene rings is 1. The average molecular weight is 341 g/mol. The molecule has 0 unspecified atom stereocenters. The van der Waals surface area contributed by atoms with Gasteiger partial charge in [0.2, 0.25) is 0 Å². The van der Waals surface area contributed by atoms with Crippen molar-refractivity contribution in [1.82, 2.24) is 14.9 Å². The second kappa shape index (κ2) is 7.27. The predicted octanol–water partition coefficient (Wildman–Crippen LogP) is 1.09. The van der Waals surface area contributed by atoms with Crippen LogP contribution in [0.4, 0.5) is 11.5 Å². The summed E-state index contributed by atoms with van der Waals surface area (Å²) >= 11 is 0. The summed E-state index contributed by atoms with van der Waals surface area (Å²) in [6.45, 7) is 4.06. The van der Waals surface area contributed by atoms with E-state index in [0.29, 0.717) is 37.6 Å². The predicted molar refractivity (Wildman–Crippen MR) is 92.3 cm³/mol. The van der Waals surface area contributed by atoms with Crippen LogP contribution in [-0.2, 0) is 4.74 Å². The van der Waals surface area contributed by atoms with Crippen molar-refractivity contribution in [3.63, 3.8) is 0 Å². The zero-order valence-corrected chi connectivity index (χ0v) is 13.9. The maximum absolute atomic E-state index is 12.6. The highest BCUT2D eigenvalue weighted by molar-refractivity contribution is 6.04. The van der Waals surface area contributed by atoms with E-state index in [9.17, 15) is 9.59 Å². The van der Waals surface area contributed by atoms with Crippen molar-refractivity contribution < 1.29 is 14.3 Å². The Hall–Kier alpha value is -3.00. The molecule has 0 saturated carbocycles. The van der Waals surface area contributed by atoms with Crippen LogP contribution in [0, 0.1) is 6.92 Å². The van der Waals surface area contributed by atoms with Crippen LogP contribution in [-0.4, -0.2) is 53.0 Å². The molecule has 2 heterocycles. The first-order valence-electron chi connectivity index (χ1n) is 7.91. The van der Waals surface area contributed by atoms with Crippen molar-refractivity contribution in [2.24, 2.45) is 0 Å². The number of carbonyl (C=O) groups excluding carboxylic acids is 2. The molecule has 0 aliphatic carbocycles. The molecule has 1 aliphatic rings. The number of anilines is 2. The van der Waals surface area contributed by atoms with Gasteiger partial charge in [0.15, 0.2) is 0 Å². The number of amides is 2. The van der Waals surface area contributed by atoms with Gasteiger partial charge in [-0.05, 0) is 24.6 Å². The highest BCUT2D eigenvalue weighted by Crippen LogP contribution is 2.19. The van der Waals surface area contributed by atoms with Crippen molar-refractivity contribution in [1.29, 1.82) is 0 Å². The fraction of sp³-hybridized carbons (Fsp3) is 0.294. The summed E-state index contributed by atoms with van der Waals surface area (Å²) in [6, 6.07) is 5.24. The molecule has 3 N–H and O–H groups in total. The Morgan fingerprint density at radius 3 is 2.64 bits per heavy atom. The monoisotopic (exact) mass is 341 g/mol. The lowest BCUT2D eigenvalue weighted by Crippen LogP contribution is -2.40. The first kappa shape index (κ1) is 16.8. The maximum Gasteiger partial charge on any atom is 0.275 e. The molecule has 0 atom stereocenters. The van der Waals surface area contributed by atoms with Gasteiger partial charge in [0.1, 0.15) is 11.5 Å². The van der Waals surface area contributed by atoms with Gasteiger partial charge in [-0.2, -0.15) is 0 Å². The van der Waals surface area contributed by atoms with Gasteiger partial charge in [0.05, 0.1) is 25.6 Å². The largest absolute Gasteiger partial charge is 0.382 e. The van der Waals surface area contributed by atoms with Gasteiger partial charge in [-0.1, -0.05) is 6.07 Å². The topological polar surface area (TPSA) is 110 Å². The minimum atomic E-state index is -0.411. The van der Waals surface area contributed by atoms with E-state index in [4.69, 9.17) is 10.5 Å². The van der Waals surface area contributed by atoms with Crippen molar-refractivity contribution in [3.05, 3.63) is 47.4 Å². The number of nitrogens with zero attached hydrogens (tertiary/aromatic N) is 3. The lowest BCUT2D eigenvalue weighted by atomic mass is 10.1. The number of rotatable bonds is 3. The number of aryl methyl sites for hydroxylation is 1. The molecule has 1 fully saturated rings. The highest BCUT2D eigenvalue weighted by Gasteiger charge is 2.19. The smallest absolute Gasteiger partial charge is 0.275 e. The zero-order chi connectivity index (χ0) is 17.8. The van der Waals surface area contributed by atoms with Crippen LogP contribution in [0.1, 0.15) is 26.4 Å². The number of carbonyl (C=O) groups is 2. The zero-order valence-electron chi connectivity index (χ0n) is 13.9.